The van der Waals surface area contributed by atoms with Gasteiger partial charge in [-0.2, -0.15) is 0 Å². The lowest BCUT2D eigenvalue weighted by atomic mass is 10.1. The molecule has 0 aromatic heterocycles. The van der Waals surface area contributed by atoms with Gasteiger partial charge in [-0.1, -0.05) is 25.0 Å². The Morgan fingerprint density at radius 1 is 1.00 bits per heavy atom. The number of aldehydes is 1. The lowest BCUT2D eigenvalue weighted by Gasteiger charge is -2.39. The number of benzene rings is 1. The third-order valence-corrected chi connectivity index (χ3v) is 4.56. The normalized spacial score (nSPS) is 21.8. The fraction of sp³-hybridized carbons (Fsp3) is 0.562. The van der Waals surface area contributed by atoms with Crippen molar-refractivity contribution in [2.24, 2.45) is 0 Å². The average molecular weight is 258 g/mol. The summed E-state index contributed by atoms with van der Waals surface area (Å²) in [7, 11) is 0. The molecule has 0 spiro atoms. The zero-order chi connectivity index (χ0) is 13.1. The van der Waals surface area contributed by atoms with E-state index in [-0.39, 0.29) is 0 Å². The van der Waals surface area contributed by atoms with Crippen LogP contribution in [0.2, 0.25) is 0 Å². The quantitative estimate of drug-likeness (QED) is 0.779. The standard InChI is InChI=1S/C16H22N2O/c19-13-14-5-1-4-8-16(14)18-11-9-17(10-12-18)15-6-2-3-7-15/h1,4-5,8,13,15H,2-3,6-7,9-12H2. The Labute approximate surface area is 115 Å². The highest BCUT2D eigenvalue weighted by atomic mass is 16.1. The number of carbonyl (C=O) groups is 1. The molecule has 3 nitrogen and oxygen atoms in total. The van der Waals surface area contributed by atoms with E-state index >= 15 is 0 Å². The molecule has 3 heteroatoms. The molecule has 1 aliphatic heterocycles. The second-order valence-electron chi connectivity index (χ2n) is 5.64. The SMILES string of the molecule is O=Cc1ccccc1N1CCN(C2CCCC2)CC1. The molecule has 0 bridgehead atoms. The molecule has 1 saturated heterocycles. The molecule has 102 valence electrons. The Morgan fingerprint density at radius 3 is 2.37 bits per heavy atom. The third-order valence-electron chi connectivity index (χ3n) is 4.56. The second kappa shape index (κ2) is 5.74. The Bertz CT molecular complexity index is 432. The average Bonchev–Trinajstić information content (AvgIpc) is 3.02. The highest BCUT2D eigenvalue weighted by molar-refractivity contribution is 5.84. The van der Waals surface area contributed by atoms with E-state index in [0.717, 1.165) is 49.8 Å². The first-order chi connectivity index (χ1) is 9.38. The molecule has 0 unspecified atom stereocenters. The van der Waals surface area contributed by atoms with Crippen molar-refractivity contribution in [1.82, 2.24) is 4.90 Å². The van der Waals surface area contributed by atoms with Crippen molar-refractivity contribution in [3.8, 4) is 0 Å². The van der Waals surface area contributed by atoms with Crippen LogP contribution in [0.4, 0.5) is 5.69 Å². The molecule has 0 radical (unpaired) electrons. The van der Waals surface area contributed by atoms with Crippen LogP contribution in [0.3, 0.4) is 0 Å². The van der Waals surface area contributed by atoms with Crippen molar-refractivity contribution < 1.29 is 4.79 Å². The van der Waals surface area contributed by atoms with Crippen LogP contribution in [0, 0.1) is 0 Å². The van der Waals surface area contributed by atoms with Gasteiger partial charge in [0.2, 0.25) is 0 Å². The Balaban J connectivity index is 1.64. The predicted molar refractivity (Wildman–Crippen MR) is 77.9 cm³/mol. The van der Waals surface area contributed by atoms with Crippen LogP contribution in [0.15, 0.2) is 24.3 Å². The first-order valence-electron chi connectivity index (χ1n) is 7.41. The number of anilines is 1. The van der Waals surface area contributed by atoms with Gasteiger partial charge in [0.15, 0.2) is 6.29 Å². The Kier molecular flexibility index (Phi) is 3.83. The predicted octanol–water partition coefficient (Wildman–Crippen LogP) is 2.56. The molecule has 19 heavy (non-hydrogen) atoms. The maximum absolute atomic E-state index is 11.1. The molecular weight excluding hydrogens is 236 g/mol. The maximum Gasteiger partial charge on any atom is 0.152 e. The van der Waals surface area contributed by atoms with E-state index in [1.807, 2.05) is 18.2 Å². The van der Waals surface area contributed by atoms with Gasteiger partial charge in [-0.3, -0.25) is 9.69 Å². The largest absolute Gasteiger partial charge is 0.368 e. The summed E-state index contributed by atoms with van der Waals surface area (Å²) in [4.78, 5) is 16.1. The van der Waals surface area contributed by atoms with E-state index in [4.69, 9.17) is 0 Å². The van der Waals surface area contributed by atoms with Crippen molar-refractivity contribution in [3.05, 3.63) is 29.8 Å². The molecule has 0 N–H and O–H groups in total. The van der Waals surface area contributed by atoms with Gasteiger partial charge in [0.05, 0.1) is 0 Å². The number of hydrogen-bond acceptors (Lipinski definition) is 3. The van der Waals surface area contributed by atoms with Gasteiger partial charge < -0.3 is 4.90 Å². The van der Waals surface area contributed by atoms with Crippen molar-refractivity contribution in [2.45, 2.75) is 31.7 Å². The van der Waals surface area contributed by atoms with Gasteiger partial charge in [-0.05, 0) is 25.0 Å². The van der Waals surface area contributed by atoms with Crippen LogP contribution < -0.4 is 4.90 Å². The van der Waals surface area contributed by atoms with E-state index in [2.05, 4.69) is 15.9 Å². The van der Waals surface area contributed by atoms with Crippen molar-refractivity contribution >= 4 is 12.0 Å². The first kappa shape index (κ1) is 12.7. The summed E-state index contributed by atoms with van der Waals surface area (Å²) in [5.41, 5.74) is 1.92. The van der Waals surface area contributed by atoms with Crippen molar-refractivity contribution in [1.29, 1.82) is 0 Å². The summed E-state index contributed by atoms with van der Waals surface area (Å²) in [6, 6.07) is 8.75. The second-order valence-corrected chi connectivity index (χ2v) is 5.64. The zero-order valence-corrected chi connectivity index (χ0v) is 11.4. The molecular formula is C16H22N2O. The minimum atomic E-state index is 0.816. The third kappa shape index (κ3) is 2.66. The summed E-state index contributed by atoms with van der Waals surface area (Å²) in [5, 5.41) is 0. The van der Waals surface area contributed by atoms with Crippen molar-refractivity contribution in [3.63, 3.8) is 0 Å². The Morgan fingerprint density at radius 2 is 1.68 bits per heavy atom. The molecule has 0 atom stereocenters. The number of piperazine rings is 1. The highest BCUT2D eigenvalue weighted by Crippen LogP contribution is 2.26. The lowest BCUT2D eigenvalue weighted by Crippen LogP contribution is -2.49. The molecule has 2 fully saturated rings. The van der Waals surface area contributed by atoms with E-state index in [9.17, 15) is 4.79 Å². The van der Waals surface area contributed by atoms with Crippen LogP contribution in [0.25, 0.3) is 0 Å². The van der Waals surface area contributed by atoms with E-state index < -0.39 is 0 Å². The van der Waals surface area contributed by atoms with Gasteiger partial charge in [0.25, 0.3) is 0 Å². The van der Waals surface area contributed by atoms with Crippen LogP contribution >= 0.6 is 0 Å². The molecule has 1 saturated carbocycles. The smallest absolute Gasteiger partial charge is 0.152 e. The van der Waals surface area contributed by atoms with Gasteiger partial charge in [0, 0.05) is 43.5 Å². The fourth-order valence-electron chi connectivity index (χ4n) is 3.47. The zero-order valence-electron chi connectivity index (χ0n) is 11.4. The molecule has 0 amide bonds. The molecule has 1 aromatic carbocycles. The van der Waals surface area contributed by atoms with Crippen LogP contribution in [-0.2, 0) is 0 Å². The van der Waals surface area contributed by atoms with E-state index in [1.165, 1.54) is 25.7 Å². The molecule has 1 aliphatic carbocycles. The van der Waals surface area contributed by atoms with Gasteiger partial charge in [-0.15, -0.1) is 0 Å². The van der Waals surface area contributed by atoms with Crippen LogP contribution in [-0.4, -0.2) is 43.4 Å². The van der Waals surface area contributed by atoms with Crippen molar-refractivity contribution in [2.75, 3.05) is 31.1 Å². The minimum absolute atomic E-state index is 0.816. The summed E-state index contributed by atoms with van der Waals surface area (Å²) >= 11 is 0. The number of hydrogen-bond donors (Lipinski definition) is 0. The van der Waals surface area contributed by atoms with Crippen LogP contribution in [0.1, 0.15) is 36.0 Å². The fourth-order valence-corrected chi connectivity index (χ4v) is 3.47. The molecule has 1 aromatic rings. The van der Waals surface area contributed by atoms with E-state index in [0.29, 0.717) is 0 Å². The number of carbonyl (C=O) groups excluding carboxylic acids is 1. The maximum atomic E-state index is 11.1. The monoisotopic (exact) mass is 258 g/mol. The summed E-state index contributed by atoms with van der Waals surface area (Å²) < 4.78 is 0. The van der Waals surface area contributed by atoms with E-state index in [1.54, 1.807) is 0 Å². The number of rotatable bonds is 3. The molecule has 3 rings (SSSR count). The lowest BCUT2D eigenvalue weighted by molar-refractivity contribution is 0.112. The van der Waals surface area contributed by atoms with Gasteiger partial charge in [-0.25, -0.2) is 0 Å². The van der Waals surface area contributed by atoms with Gasteiger partial charge >= 0.3 is 0 Å². The van der Waals surface area contributed by atoms with Crippen LogP contribution in [0.5, 0.6) is 0 Å². The molecule has 1 heterocycles. The topological polar surface area (TPSA) is 23.6 Å². The molecule has 2 aliphatic rings. The minimum Gasteiger partial charge on any atom is -0.368 e. The first-order valence-corrected chi connectivity index (χ1v) is 7.41. The summed E-state index contributed by atoms with van der Waals surface area (Å²) in [5.74, 6) is 0. The Hall–Kier alpha value is -1.35. The summed E-state index contributed by atoms with van der Waals surface area (Å²) in [6.07, 6.45) is 6.53. The highest BCUT2D eigenvalue weighted by Gasteiger charge is 2.26. The van der Waals surface area contributed by atoms with Gasteiger partial charge in [0.1, 0.15) is 0 Å². The number of nitrogens with zero attached hydrogens (tertiary/aromatic N) is 2. The number of para-hydroxylation sites is 1. The summed E-state index contributed by atoms with van der Waals surface area (Å²) in [6.45, 7) is 4.36.